The van der Waals surface area contributed by atoms with Crippen LogP contribution in [0.25, 0.3) is 21.8 Å². The minimum absolute atomic E-state index is 1.09. The van der Waals surface area contributed by atoms with Crippen LogP contribution in [0.15, 0.2) is 48.5 Å². The Bertz CT molecular complexity index is 669. The summed E-state index contributed by atoms with van der Waals surface area (Å²) in [5.74, 6) is 0. The molecule has 21 heavy (non-hydrogen) atoms. The molecule has 0 unspecified atom stereocenters. The lowest BCUT2D eigenvalue weighted by Crippen LogP contribution is -2.24. The molecular weight excluding hydrogens is 256 g/mol. The molecular formula is C19H24N2. The number of aryl methyl sites for hydroxylation is 1. The van der Waals surface area contributed by atoms with Gasteiger partial charge in [-0.3, -0.25) is 0 Å². The van der Waals surface area contributed by atoms with Crippen molar-refractivity contribution in [2.24, 2.45) is 0 Å². The largest absolute Gasteiger partial charge is 0.340 e. The van der Waals surface area contributed by atoms with Crippen molar-refractivity contribution in [3.63, 3.8) is 0 Å². The van der Waals surface area contributed by atoms with E-state index in [1.807, 2.05) is 0 Å². The molecule has 0 atom stereocenters. The molecule has 2 heteroatoms. The highest BCUT2D eigenvalue weighted by atomic mass is 15.1. The molecule has 0 radical (unpaired) electrons. The Labute approximate surface area is 127 Å². The van der Waals surface area contributed by atoms with Gasteiger partial charge in [0.05, 0.1) is 0 Å². The Kier molecular flexibility index (Phi) is 4.26. The second-order valence-electron chi connectivity index (χ2n) is 5.57. The second kappa shape index (κ2) is 6.31. The van der Waals surface area contributed by atoms with E-state index in [-0.39, 0.29) is 0 Å². The Morgan fingerprint density at radius 3 is 1.86 bits per heavy atom. The van der Waals surface area contributed by atoms with Gasteiger partial charge < -0.3 is 9.47 Å². The van der Waals surface area contributed by atoms with E-state index in [1.165, 1.54) is 34.8 Å². The Morgan fingerprint density at radius 2 is 1.33 bits per heavy atom. The van der Waals surface area contributed by atoms with Crippen LogP contribution < -0.4 is 0 Å². The molecule has 3 aromatic rings. The Morgan fingerprint density at radius 1 is 0.810 bits per heavy atom. The van der Waals surface area contributed by atoms with Crippen molar-refractivity contribution < 1.29 is 0 Å². The lowest BCUT2D eigenvalue weighted by Gasteiger charge is -2.18. The smallest absolute Gasteiger partial charge is 0.0491 e. The number of fused-ring (bicyclic) bond motifs is 3. The highest BCUT2D eigenvalue weighted by molar-refractivity contribution is 6.07. The highest BCUT2D eigenvalue weighted by Crippen LogP contribution is 2.28. The zero-order chi connectivity index (χ0) is 14.7. The summed E-state index contributed by atoms with van der Waals surface area (Å²) in [5, 5.41) is 2.74. The fraction of sp³-hybridized carbons (Fsp3) is 0.368. The molecule has 2 aromatic carbocycles. The average Bonchev–Trinajstić information content (AvgIpc) is 2.86. The van der Waals surface area contributed by atoms with Crippen LogP contribution in [0.5, 0.6) is 0 Å². The van der Waals surface area contributed by atoms with Crippen LogP contribution in [0, 0.1) is 0 Å². The summed E-state index contributed by atoms with van der Waals surface area (Å²) in [6.07, 6.45) is 1.20. The van der Waals surface area contributed by atoms with Gasteiger partial charge in [0.1, 0.15) is 0 Å². The predicted octanol–water partition coefficient (Wildman–Crippen LogP) is 4.53. The first-order valence-electron chi connectivity index (χ1n) is 8.03. The van der Waals surface area contributed by atoms with Crippen LogP contribution in [-0.4, -0.2) is 29.1 Å². The second-order valence-corrected chi connectivity index (χ2v) is 5.57. The molecule has 0 N–H and O–H groups in total. The quantitative estimate of drug-likeness (QED) is 0.644. The zero-order valence-electron chi connectivity index (χ0n) is 13.0. The maximum atomic E-state index is 2.49. The summed E-state index contributed by atoms with van der Waals surface area (Å²) in [7, 11) is 0. The minimum atomic E-state index is 1.09. The van der Waals surface area contributed by atoms with Crippen molar-refractivity contribution in [2.45, 2.75) is 26.8 Å². The van der Waals surface area contributed by atoms with Crippen LogP contribution in [0.4, 0.5) is 0 Å². The Hall–Kier alpha value is -1.80. The molecule has 0 fully saturated rings. The van der Waals surface area contributed by atoms with Crippen LogP contribution in [-0.2, 0) is 6.54 Å². The van der Waals surface area contributed by atoms with E-state index in [2.05, 4.69) is 71.8 Å². The van der Waals surface area contributed by atoms with Crippen molar-refractivity contribution in [3.8, 4) is 0 Å². The molecule has 0 bridgehead atoms. The third kappa shape index (κ3) is 2.68. The minimum Gasteiger partial charge on any atom is -0.340 e. The number of para-hydroxylation sites is 2. The van der Waals surface area contributed by atoms with Crippen molar-refractivity contribution in [3.05, 3.63) is 48.5 Å². The predicted molar refractivity (Wildman–Crippen MR) is 91.8 cm³/mol. The lowest BCUT2D eigenvalue weighted by molar-refractivity contribution is 0.294. The van der Waals surface area contributed by atoms with Gasteiger partial charge in [-0.05, 0) is 38.2 Å². The van der Waals surface area contributed by atoms with Crippen molar-refractivity contribution >= 4 is 21.8 Å². The van der Waals surface area contributed by atoms with Gasteiger partial charge >= 0.3 is 0 Å². The van der Waals surface area contributed by atoms with E-state index in [9.17, 15) is 0 Å². The molecule has 0 saturated heterocycles. The summed E-state index contributed by atoms with van der Waals surface area (Å²) >= 11 is 0. The van der Waals surface area contributed by atoms with E-state index >= 15 is 0 Å². The van der Waals surface area contributed by atoms with E-state index < -0.39 is 0 Å². The first kappa shape index (κ1) is 14.2. The third-order valence-corrected chi connectivity index (χ3v) is 4.43. The van der Waals surface area contributed by atoms with Gasteiger partial charge in [-0.1, -0.05) is 50.2 Å². The van der Waals surface area contributed by atoms with Crippen LogP contribution in [0.2, 0.25) is 0 Å². The highest BCUT2D eigenvalue weighted by Gasteiger charge is 2.09. The first-order valence-corrected chi connectivity index (χ1v) is 8.03. The molecule has 1 aromatic heterocycles. The number of hydrogen-bond acceptors (Lipinski definition) is 1. The number of aromatic nitrogens is 1. The fourth-order valence-corrected chi connectivity index (χ4v) is 3.24. The molecule has 0 aliphatic carbocycles. The van der Waals surface area contributed by atoms with E-state index in [4.69, 9.17) is 0 Å². The van der Waals surface area contributed by atoms with Gasteiger partial charge in [0, 0.05) is 28.4 Å². The summed E-state index contributed by atoms with van der Waals surface area (Å²) in [5.41, 5.74) is 2.72. The van der Waals surface area contributed by atoms with Crippen LogP contribution in [0.3, 0.4) is 0 Å². The molecule has 3 rings (SSSR count). The van der Waals surface area contributed by atoms with Crippen molar-refractivity contribution in [1.29, 1.82) is 0 Å². The van der Waals surface area contributed by atoms with Crippen molar-refractivity contribution in [2.75, 3.05) is 19.6 Å². The maximum absolute atomic E-state index is 2.49. The maximum Gasteiger partial charge on any atom is 0.0491 e. The van der Waals surface area contributed by atoms with Gasteiger partial charge in [-0.15, -0.1) is 0 Å². The van der Waals surface area contributed by atoms with Gasteiger partial charge in [0.25, 0.3) is 0 Å². The molecule has 0 aliphatic rings. The van der Waals surface area contributed by atoms with Crippen LogP contribution >= 0.6 is 0 Å². The van der Waals surface area contributed by atoms with Gasteiger partial charge in [-0.2, -0.15) is 0 Å². The summed E-state index contributed by atoms with van der Waals surface area (Å²) in [6, 6.07) is 17.5. The van der Waals surface area contributed by atoms with E-state index in [0.29, 0.717) is 0 Å². The molecule has 0 spiro atoms. The summed E-state index contributed by atoms with van der Waals surface area (Å²) in [4.78, 5) is 2.49. The third-order valence-electron chi connectivity index (χ3n) is 4.43. The molecule has 0 amide bonds. The molecule has 0 aliphatic heterocycles. The van der Waals surface area contributed by atoms with Gasteiger partial charge in [0.2, 0.25) is 0 Å². The lowest BCUT2D eigenvalue weighted by atomic mass is 10.2. The van der Waals surface area contributed by atoms with E-state index in [0.717, 1.165) is 19.6 Å². The molecule has 0 saturated carbocycles. The number of nitrogens with zero attached hydrogens (tertiary/aromatic N) is 2. The van der Waals surface area contributed by atoms with Crippen molar-refractivity contribution in [1.82, 2.24) is 9.47 Å². The Balaban J connectivity index is 1.93. The van der Waals surface area contributed by atoms with E-state index in [1.54, 1.807) is 0 Å². The monoisotopic (exact) mass is 280 g/mol. The molecule has 2 nitrogen and oxygen atoms in total. The normalized spacial score (nSPS) is 11.8. The fourth-order valence-electron chi connectivity index (χ4n) is 3.24. The SMILES string of the molecule is CCN(CC)CCCn1c2ccccc2c2ccccc21. The number of benzene rings is 2. The standard InChI is InChI=1S/C19H24N2/c1-3-20(4-2)14-9-15-21-18-12-7-5-10-16(18)17-11-6-8-13-19(17)21/h5-8,10-13H,3-4,9,14-15H2,1-2H3. The molecule has 1 heterocycles. The molecule has 110 valence electrons. The number of rotatable bonds is 6. The topological polar surface area (TPSA) is 8.17 Å². The number of hydrogen-bond donors (Lipinski definition) is 0. The average molecular weight is 280 g/mol. The summed E-state index contributed by atoms with van der Waals surface area (Å²) < 4.78 is 2.48. The van der Waals surface area contributed by atoms with Gasteiger partial charge in [-0.25, -0.2) is 0 Å². The zero-order valence-corrected chi connectivity index (χ0v) is 13.0. The summed E-state index contributed by atoms with van der Waals surface area (Å²) in [6.45, 7) is 9.03. The van der Waals surface area contributed by atoms with Gasteiger partial charge in [0.15, 0.2) is 0 Å². The first-order chi connectivity index (χ1) is 10.3. The van der Waals surface area contributed by atoms with Crippen LogP contribution in [0.1, 0.15) is 20.3 Å².